The molecule has 1 unspecified atom stereocenters. The van der Waals surface area contributed by atoms with Gasteiger partial charge in [-0.15, -0.1) is 0 Å². The minimum Gasteiger partial charge on any atom is -0.490 e. The molecule has 1 aromatic rings. The van der Waals surface area contributed by atoms with Crippen LogP contribution in [0.5, 0.6) is 5.75 Å². The molecule has 1 atom stereocenters. The van der Waals surface area contributed by atoms with E-state index in [1.54, 1.807) is 0 Å². The van der Waals surface area contributed by atoms with Gasteiger partial charge in [0, 0.05) is 10.5 Å². The van der Waals surface area contributed by atoms with Crippen molar-refractivity contribution in [2.45, 2.75) is 25.3 Å². The van der Waals surface area contributed by atoms with Crippen molar-refractivity contribution in [3.05, 3.63) is 22.7 Å². The lowest BCUT2D eigenvalue weighted by Gasteiger charge is -2.32. The van der Waals surface area contributed by atoms with E-state index >= 15 is 0 Å². The summed E-state index contributed by atoms with van der Waals surface area (Å²) in [6, 6.07) is 6.27. The minimum absolute atomic E-state index is 0.520. The molecule has 0 aromatic heterocycles. The van der Waals surface area contributed by atoms with Crippen molar-refractivity contribution in [3.8, 4) is 5.75 Å². The summed E-state index contributed by atoms with van der Waals surface area (Å²) in [6.45, 7) is 1.90. The third kappa shape index (κ3) is 3.36. The number of nitrogens with zero attached hydrogens (tertiary/aromatic N) is 1. The summed E-state index contributed by atoms with van der Waals surface area (Å²) >= 11 is 3.39. The number of hydrogen-bond acceptors (Lipinski definition) is 3. The molecule has 0 aliphatic carbocycles. The quantitative estimate of drug-likeness (QED) is 0.872. The number of likely N-dealkylation sites (N-methyl/N-ethyl adjacent to an activating group) is 1. The van der Waals surface area contributed by atoms with Crippen LogP contribution in [0.2, 0.25) is 0 Å². The molecule has 2 N–H and O–H groups in total. The highest BCUT2D eigenvalue weighted by Crippen LogP contribution is 2.26. The molecule has 1 heterocycles. The lowest BCUT2D eigenvalue weighted by Crippen LogP contribution is -2.40. The number of likely N-dealkylation sites (tertiary alicyclic amines) is 1. The average Bonchev–Trinajstić information content (AvgIpc) is 2.30. The van der Waals surface area contributed by atoms with Gasteiger partial charge in [-0.2, -0.15) is 0 Å². The second-order valence-electron chi connectivity index (χ2n) is 4.62. The molecule has 94 valence electrons. The Morgan fingerprint density at radius 2 is 2.29 bits per heavy atom. The Balaban J connectivity index is 1.92. The van der Waals surface area contributed by atoms with Crippen LogP contribution in [0, 0.1) is 0 Å². The molecule has 1 aromatic carbocycles. The predicted molar refractivity (Wildman–Crippen MR) is 74.3 cm³/mol. The second kappa shape index (κ2) is 5.74. The largest absolute Gasteiger partial charge is 0.490 e. The molecular weight excluding hydrogens is 280 g/mol. The monoisotopic (exact) mass is 298 g/mol. The van der Waals surface area contributed by atoms with Crippen molar-refractivity contribution in [1.82, 2.24) is 4.90 Å². The van der Waals surface area contributed by atoms with Crippen LogP contribution in [0.4, 0.5) is 5.69 Å². The van der Waals surface area contributed by atoms with E-state index in [1.165, 1.54) is 25.8 Å². The maximum Gasteiger partial charge on any atom is 0.142 e. The first-order chi connectivity index (χ1) is 8.16. The lowest BCUT2D eigenvalue weighted by atomic mass is 10.0. The number of nitrogens with two attached hydrogens (primary N) is 1. The fourth-order valence-corrected chi connectivity index (χ4v) is 2.57. The van der Waals surface area contributed by atoms with E-state index in [4.69, 9.17) is 10.5 Å². The van der Waals surface area contributed by atoms with Crippen LogP contribution in [0.25, 0.3) is 0 Å². The molecule has 1 fully saturated rings. The van der Waals surface area contributed by atoms with Gasteiger partial charge < -0.3 is 15.4 Å². The predicted octanol–water partition coefficient (Wildman–Crippen LogP) is 2.89. The molecule has 1 aliphatic rings. The van der Waals surface area contributed by atoms with Crippen molar-refractivity contribution in [1.29, 1.82) is 0 Å². The highest BCUT2D eigenvalue weighted by Gasteiger charge is 2.19. The van der Waals surface area contributed by atoms with Gasteiger partial charge >= 0.3 is 0 Å². The number of benzene rings is 1. The van der Waals surface area contributed by atoms with Crippen molar-refractivity contribution < 1.29 is 4.74 Å². The van der Waals surface area contributed by atoms with Gasteiger partial charge in [-0.25, -0.2) is 0 Å². The third-order valence-corrected chi connectivity index (χ3v) is 3.82. The Kier molecular flexibility index (Phi) is 4.29. The van der Waals surface area contributed by atoms with Gasteiger partial charge in [-0.1, -0.05) is 22.4 Å². The summed E-state index contributed by atoms with van der Waals surface area (Å²) in [5.74, 6) is 0.784. The zero-order chi connectivity index (χ0) is 12.3. The van der Waals surface area contributed by atoms with Crippen LogP contribution in [0.3, 0.4) is 0 Å². The van der Waals surface area contributed by atoms with Crippen LogP contribution in [0.1, 0.15) is 19.3 Å². The molecule has 0 radical (unpaired) electrons. The number of rotatable bonds is 3. The summed E-state index contributed by atoms with van der Waals surface area (Å²) < 4.78 is 6.80. The Hall–Kier alpha value is -0.740. The fourth-order valence-electron chi connectivity index (χ4n) is 2.19. The van der Waals surface area contributed by atoms with Gasteiger partial charge in [0.05, 0.1) is 5.69 Å². The standard InChI is InChI=1S/C13H19BrN2O/c1-16-7-3-2-4-11(16)9-17-13-6-5-10(14)8-12(13)15/h5-6,8,11H,2-4,7,9,15H2,1H3. The van der Waals surface area contributed by atoms with Gasteiger partial charge in [0.2, 0.25) is 0 Å². The van der Waals surface area contributed by atoms with E-state index in [-0.39, 0.29) is 0 Å². The summed E-state index contributed by atoms with van der Waals surface area (Å²) in [4.78, 5) is 2.37. The van der Waals surface area contributed by atoms with Gasteiger partial charge in [-0.05, 0) is 44.6 Å². The van der Waals surface area contributed by atoms with E-state index < -0.39 is 0 Å². The number of hydrogen-bond donors (Lipinski definition) is 1. The Labute approximate surface area is 111 Å². The molecule has 17 heavy (non-hydrogen) atoms. The van der Waals surface area contributed by atoms with E-state index in [1.807, 2.05) is 18.2 Å². The van der Waals surface area contributed by atoms with Gasteiger partial charge in [0.1, 0.15) is 12.4 Å². The van der Waals surface area contributed by atoms with Crippen LogP contribution >= 0.6 is 15.9 Å². The van der Waals surface area contributed by atoms with E-state index in [9.17, 15) is 0 Å². The lowest BCUT2D eigenvalue weighted by molar-refractivity contribution is 0.125. The average molecular weight is 299 g/mol. The molecule has 0 spiro atoms. The minimum atomic E-state index is 0.520. The van der Waals surface area contributed by atoms with Crippen molar-refractivity contribution in [2.24, 2.45) is 0 Å². The zero-order valence-corrected chi connectivity index (χ0v) is 11.7. The van der Waals surface area contributed by atoms with E-state index in [0.29, 0.717) is 11.7 Å². The number of nitrogen functional groups attached to an aromatic ring is 1. The maximum atomic E-state index is 5.90. The smallest absolute Gasteiger partial charge is 0.142 e. The summed E-state index contributed by atoms with van der Waals surface area (Å²) in [7, 11) is 2.16. The van der Waals surface area contributed by atoms with Gasteiger partial charge in [-0.3, -0.25) is 0 Å². The molecule has 1 aliphatic heterocycles. The molecule has 0 saturated carbocycles. The number of anilines is 1. The highest BCUT2D eigenvalue weighted by molar-refractivity contribution is 9.10. The first-order valence-corrected chi connectivity index (χ1v) is 6.84. The zero-order valence-electron chi connectivity index (χ0n) is 10.2. The second-order valence-corrected chi connectivity index (χ2v) is 5.54. The summed E-state index contributed by atoms with van der Waals surface area (Å²) in [6.07, 6.45) is 3.81. The Bertz CT molecular complexity index is 384. The molecule has 3 nitrogen and oxygen atoms in total. The summed E-state index contributed by atoms with van der Waals surface area (Å²) in [5, 5.41) is 0. The number of piperidine rings is 1. The van der Waals surface area contributed by atoms with Crippen LogP contribution in [0.15, 0.2) is 22.7 Å². The molecule has 2 rings (SSSR count). The van der Waals surface area contributed by atoms with E-state index in [0.717, 1.165) is 16.8 Å². The highest BCUT2D eigenvalue weighted by atomic mass is 79.9. The van der Waals surface area contributed by atoms with Gasteiger partial charge in [0.25, 0.3) is 0 Å². The third-order valence-electron chi connectivity index (χ3n) is 3.32. The SMILES string of the molecule is CN1CCCCC1COc1ccc(Br)cc1N. The van der Waals surface area contributed by atoms with Crippen molar-refractivity contribution in [2.75, 3.05) is 25.9 Å². The van der Waals surface area contributed by atoms with Gasteiger partial charge in [0.15, 0.2) is 0 Å². The first kappa shape index (κ1) is 12.7. The summed E-state index contributed by atoms with van der Waals surface area (Å²) in [5.41, 5.74) is 6.60. The molecule has 0 amide bonds. The number of ether oxygens (including phenoxy) is 1. The van der Waals surface area contributed by atoms with Crippen LogP contribution < -0.4 is 10.5 Å². The van der Waals surface area contributed by atoms with Crippen LogP contribution in [-0.2, 0) is 0 Å². The molecule has 1 saturated heterocycles. The van der Waals surface area contributed by atoms with Crippen molar-refractivity contribution in [3.63, 3.8) is 0 Å². The number of halogens is 1. The van der Waals surface area contributed by atoms with Crippen LogP contribution in [-0.4, -0.2) is 31.1 Å². The van der Waals surface area contributed by atoms with Crippen molar-refractivity contribution >= 4 is 21.6 Å². The molecule has 0 bridgehead atoms. The Morgan fingerprint density at radius 1 is 1.47 bits per heavy atom. The Morgan fingerprint density at radius 3 is 3.00 bits per heavy atom. The molecule has 4 heteroatoms. The first-order valence-electron chi connectivity index (χ1n) is 6.05. The normalized spacial score (nSPS) is 21.4. The maximum absolute atomic E-state index is 5.90. The molecular formula is C13H19BrN2O. The van der Waals surface area contributed by atoms with E-state index in [2.05, 4.69) is 27.9 Å². The topological polar surface area (TPSA) is 38.5 Å². The fraction of sp³-hybridized carbons (Fsp3) is 0.538.